The molecule has 1 aromatic carbocycles. The number of nitrogens with zero attached hydrogens (tertiary/aromatic N) is 3. The predicted octanol–water partition coefficient (Wildman–Crippen LogP) is 3.64. The van der Waals surface area contributed by atoms with Crippen molar-refractivity contribution < 1.29 is 9.59 Å². The number of fused-ring (bicyclic) bond motifs is 1. The second kappa shape index (κ2) is 9.42. The van der Waals surface area contributed by atoms with Crippen LogP contribution in [-0.2, 0) is 22.7 Å². The Bertz CT molecular complexity index is 846. The third-order valence-electron chi connectivity index (χ3n) is 6.38. The van der Waals surface area contributed by atoms with Crippen molar-refractivity contribution in [3.63, 3.8) is 0 Å². The standard InChI is InChI=1S/C23H32N4O2/c28-22(26-14-8-1-2-9-15-26)17-27-20-13-7-6-12-19(20)25-21(27)16-24-23(29)18-10-4-3-5-11-18/h6-7,12-13,18H,1-5,8-11,14-17H2,(H,24,29). The van der Waals surface area contributed by atoms with Crippen molar-refractivity contribution in [1.29, 1.82) is 0 Å². The molecule has 0 radical (unpaired) electrons. The van der Waals surface area contributed by atoms with Gasteiger partial charge in [0.15, 0.2) is 0 Å². The molecule has 2 aromatic rings. The highest BCUT2D eigenvalue weighted by molar-refractivity contribution is 5.82. The number of rotatable bonds is 5. The smallest absolute Gasteiger partial charge is 0.242 e. The Kier molecular flexibility index (Phi) is 6.47. The molecule has 0 atom stereocenters. The predicted molar refractivity (Wildman–Crippen MR) is 113 cm³/mol. The molecule has 156 valence electrons. The molecular formula is C23H32N4O2. The maximum absolute atomic E-state index is 13.0. The van der Waals surface area contributed by atoms with Gasteiger partial charge in [-0.05, 0) is 37.8 Å². The highest BCUT2D eigenvalue weighted by Gasteiger charge is 2.23. The number of nitrogens with one attached hydrogen (secondary N) is 1. The van der Waals surface area contributed by atoms with Gasteiger partial charge in [-0.2, -0.15) is 0 Å². The Hall–Kier alpha value is -2.37. The van der Waals surface area contributed by atoms with E-state index in [0.29, 0.717) is 6.54 Å². The Balaban J connectivity index is 1.49. The van der Waals surface area contributed by atoms with Gasteiger partial charge in [0.2, 0.25) is 11.8 Å². The summed E-state index contributed by atoms with van der Waals surface area (Å²) in [5, 5.41) is 3.09. The second-order valence-electron chi connectivity index (χ2n) is 8.45. The number of para-hydroxylation sites is 2. The molecule has 2 fully saturated rings. The lowest BCUT2D eigenvalue weighted by Crippen LogP contribution is -2.36. The fourth-order valence-corrected chi connectivity index (χ4v) is 4.67. The van der Waals surface area contributed by atoms with Crippen LogP contribution in [0.2, 0.25) is 0 Å². The highest BCUT2D eigenvalue weighted by Crippen LogP contribution is 2.24. The van der Waals surface area contributed by atoms with Crippen molar-refractivity contribution in [2.45, 2.75) is 70.9 Å². The van der Waals surface area contributed by atoms with Gasteiger partial charge in [0, 0.05) is 19.0 Å². The monoisotopic (exact) mass is 396 g/mol. The normalized spacial score (nSPS) is 18.6. The number of imidazole rings is 1. The van der Waals surface area contributed by atoms with Crippen LogP contribution in [0, 0.1) is 5.92 Å². The summed E-state index contributed by atoms with van der Waals surface area (Å²) in [6, 6.07) is 7.90. The number of amides is 2. The van der Waals surface area contributed by atoms with Crippen LogP contribution in [-0.4, -0.2) is 39.4 Å². The van der Waals surface area contributed by atoms with Gasteiger partial charge in [-0.1, -0.05) is 44.2 Å². The van der Waals surface area contributed by atoms with Gasteiger partial charge in [0.1, 0.15) is 12.4 Å². The molecule has 1 aromatic heterocycles. The zero-order valence-corrected chi connectivity index (χ0v) is 17.2. The van der Waals surface area contributed by atoms with Crippen LogP contribution in [0.3, 0.4) is 0 Å². The molecule has 2 aliphatic rings. The topological polar surface area (TPSA) is 67.2 Å². The van der Waals surface area contributed by atoms with E-state index in [4.69, 9.17) is 4.98 Å². The minimum Gasteiger partial charge on any atom is -0.349 e. The van der Waals surface area contributed by atoms with Crippen LogP contribution in [0.15, 0.2) is 24.3 Å². The summed E-state index contributed by atoms with van der Waals surface area (Å²) < 4.78 is 1.99. The summed E-state index contributed by atoms with van der Waals surface area (Å²) >= 11 is 0. The molecule has 6 heteroatoms. The zero-order chi connectivity index (χ0) is 20.1. The lowest BCUT2D eigenvalue weighted by Gasteiger charge is -2.22. The first-order valence-electron chi connectivity index (χ1n) is 11.2. The van der Waals surface area contributed by atoms with Crippen LogP contribution in [0.25, 0.3) is 11.0 Å². The number of aromatic nitrogens is 2. The Labute approximate surface area is 172 Å². The van der Waals surface area contributed by atoms with Crippen molar-refractivity contribution in [1.82, 2.24) is 19.8 Å². The van der Waals surface area contributed by atoms with Crippen molar-refractivity contribution in [2.24, 2.45) is 5.92 Å². The minimum absolute atomic E-state index is 0.125. The third kappa shape index (κ3) is 4.80. The number of likely N-dealkylation sites (tertiary alicyclic amines) is 1. The van der Waals surface area contributed by atoms with E-state index in [9.17, 15) is 9.59 Å². The van der Waals surface area contributed by atoms with Crippen LogP contribution in [0.5, 0.6) is 0 Å². The third-order valence-corrected chi connectivity index (χ3v) is 6.38. The minimum atomic E-state index is 0.125. The summed E-state index contributed by atoms with van der Waals surface area (Å²) in [6.07, 6.45) is 10.1. The van der Waals surface area contributed by atoms with E-state index in [-0.39, 0.29) is 24.3 Å². The summed E-state index contributed by atoms with van der Waals surface area (Å²) in [5.41, 5.74) is 1.83. The van der Waals surface area contributed by atoms with Crippen LogP contribution < -0.4 is 5.32 Å². The molecule has 0 spiro atoms. The van der Waals surface area contributed by atoms with Crippen molar-refractivity contribution in [3.05, 3.63) is 30.1 Å². The van der Waals surface area contributed by atoms with E-state index < -0.39 is 0 Å². The van der Waals surface area contributed by atoms with Crippen molar-refractivity contribution in [2.75, 3.05) is 13.1 Å². The van der Waals surface area contributed by atoms with E-state index >= 15 is 0 Å². The molecular weight excluding hydrogens is 364 g/mol. The molecule has 1 saturated heterocycles. The first kappa shape index (κ1) is 19.9. The first-order chi connectivity index (χ1) is 14.2. The molecule has 6 nitrogen and oxygen atoms in total. The number of hydrogen-bond acceptors (Lipinski definition) is 3. The fraction of sp³-hybridized carbons (Fsp3) is 0.609. The summed E-state index contributed by atoms with van der Waals surface area (Å²) in [7, 11) is 0. The summed E-state index contributed by atoms with van der Waals surface area (Å²) in [5.74, 6) is 1.16. The lowest BCUT2D eigenvalue weighted by molar-refractivity contribution is -0.131. The molecule has 2 amide bonds. The maximum atomic E-state index is 13.0. The van der Waals surface area contributed by atoms with Gasteiger partial charge < -0.3 is 14.8 Å². The average Bonchev–Trinajstić information content (AvgIpc) is 2.92. The van der Waals surface area contributed by atoms with Crippen molar-refractivity contribution in [3.8, 4) is 0 Å². The average molecular weight is 397 g/mol. The number of carbonyl (C=O) groups excluding carboxylic acids is 2. The van der Waals surface area contributed by atoms with Crippen LogP contribution >= 0.6 is 0 Å². The Morgan fingerprint density at radius 3 is 2.41 bits per heavy atom. The SMILES string of the molecule is O=C(NCc1nc2ccccc2n1CC(=O)N1CCCCCC1)C1CCCCC1. The van der Waals surface area contributed by atoms with Gasteiger partial charge in [-0.3, -0.25) is 9.59 Å². The molecule has 0 bridgehead atoms. The quantitative estimate of drug-likeness (QED) is 0.839. The van der Waals surface area contributed by atoms with Crippen LogP contribution in [0.1, 0.15) is 63.6 Å². The van der Waals surface area contributed by atoms with Gasteiger partial charge >= 0.3 is 0 Å². The van der Waals surface area contributed by atoms with Gasteiger partial charge in [-0.15, -0.1) is 0 Å². The highest BCUT2D eigenvalue weighted by atomic mass is 16.2. The maximum Gasteiger partial charge on any atom is 0.242 e. The zero-order valence-electron chi connectivity index (χ0n) is 17.2. The van der Waals surface area contributed by atoms with E-state index in [1.807, 2.05) is 33.7 Å². The molecule has 1 aliphatic carbocycles. The molecule has 2 heterocycles. The number of hydrogen-bond donors (Lipinski definition) is 1. The molecule has 1 N–H and O–H groups in total. The van der Waals surface area contributed by atoms with E-state index in [1.54, 1.807) is 0 Å². The molecule has 29 heavy (non-hydrogen) atoms. The Morgan fingerprint density at radius 2 is 1.66 bits per heavy atom. The fourth-order valence-electron chi connectivity index (χ4n) is 4.67. The van der Waals surface area contributed by atoms with Crippen molar-refractivity contribution >= 4 is 22.8 Å². The molecule has 1 aliphatic heterocycles. The summed E-state index contributed by atoms with van der Waals surface area (Å²) in [6.45, 7) is 2.35. The van der Waals surface area contributed by atoms with Gasteiger partial charge in [-0.25, -0.2) is 4.98 Å². The Morgan fingerprint density at radius 1 is 0.966 bits per heavy atom. The van der Waals surface area contributed by atoms with E-state index in [0.717, 1.165) is 68.5 Å². The molecule has 1 saturated carbocycles. The van der Waals surface area contributed by atoms with Gasteiger partial charge in [0.25, 0.3) is 0 Å². The van der Waals surface area contributed by atoms with Gasteiger partial charge in [0.05, 0.1) is 17.6 Å². The van der Waals surface area contributed by atoms with Crippen LogP contribution in [0.4, 0.5) is 0 Å². The van der Waals surface area contributed by atoms with E-state index in [1.165, 1.54) is 19.3 Å². The molecule has 0 unspecified atom stereocenters. The van der Waals surface area contributed by atoms with E-state index in [2.05, 4.69) is 5.32 Å². The second-order valence-corrected chi connectivity index (χ2v) is 8.45. The molecule has 4 rings (SSSR count). The first-order valence-corrected chi connectivity index (χ1v) is 11.2. The summed E-state index contributed by atoms with van der Waals surface area (Å²) in [4.78, 5) is 32.3. The largest absolute Gasteiger partial charge is 0.349 e. The number of carbonyl (C=O) groups is 2. The lowest BCUT2D eigenvalue weighted by atomic mass is 9.89. The number of benzene rings is 1.